The van der Waals surface area contributed by atoms with E-state index < -0.39 is 0 Å². The van der Waals surface area contributed by atoms with Crippen LogP contribution < -0.4 is 5.32 Å². The predicted octanol–water partition coefficient (Wildman–Crippen LogP) is 2.12. The summed E-state index contributed by atoms with van der Waals surface area (Å²) in [4.78, 5) is 2.57. The van der Waals surface area contributed by atoms with Crippen LogP contribution in [0.3, 0.4) is 0 Å². The molecule has 1 unspecified atom stereocenters. The van der Waals surface area contributed by atoms with Crippen molar-refractivity contribution in [2.45, 2.75) is 52.1 Å². The van der Waals surface area contributed by atoms with Crippen molar-refractivity contribution in [3.8, 4) is 0 Å². The van der Waals surface area contributed by atoms with Crippen LogP contribution in [0.2, 0.25) is 0 Å². The Balaban J connectivity index is 2.31. The van der Waals surface area contributed by atoms with Crippen molar-refractivity contribution >= 4 is 0 Å². The topological polar surface area (TPSA) is 24.5 Å². The van der Waals surface area contributed by atoms with Crippen molar-refractivity contribution in [1.82, 2.24) is 10.2 Å². The molecule has 1 fully saturated rings. The first-order valence-electron chi connectivity index (χ1n) is 7.15. The molecule has 0 saturated carbocycles. The molecule has 102 valence electrons. The third-order valence-corrected chi connectivity index (χ3v) is 3.75. The Hall–Kier alpha value is -0.120. The molecule has 3 nitrogen and oxygen atoms in total. The summed E-state index contributed by atoms with van der Waals surface area (Å²) in [7, 11) is 2.28. The van der Waals surface area contributed by atoms with Gasteiger partial charge < -0.3 is 10.1 Å². The first kappa shape index (κ1) is 14.9. The van der Waals surface area contributed by atoms with Crippen molar-refractivity contribution in [3.63, 3.8) is 0 Å². The number of rotatable bonds is 7. The van der Waals surface area contributed by atoms with Crippen molar-refractivity contribution in [3.05, 3.63) is 0 Å². The van der Waals surface area contributed by atoms with Crippen LogP contribution in [0.1, 0.15) is 40.0 Å². The summed E-state index contributed by atoms with van der Waals surface area (Å²) in [6, 6.07) is 1.38. The Morgan fingerprint density at radius 1 is 1.24 bits per heavy atom. The molecule has 3 heteroatoms. The summed E-state index contributed by atoms with van der Waals surface area (Å²) in [6.45, 7) is 10.9. The number of hydrogen-bond acceptors (Lipinski definition) is 3. The molecule has 0 aromatic heterocycles. The lowest BCUT2D eigenvalue weighted by Crippen LogP contribution is -2.47. The van der Waals surface area contributed by atoms with Gasteiger partial charge in [-0.15, -0.1) is 0 Å². The molecular formula is C14H30N2O. The Morgan fingerprint density at radius 3 is 2.41 bits per heavy atom. The fourth-order valence-electron chi connectivity index (χ4n) is 2.51. The van der Waals surface area contributed by atoms with E-state index in [1.165, 1.54) is 19.3 Å². The second-order valence-electron chi connectivity index (χ2n) is 5.62. The van der Waals surface area contributed by atoms with Gasteiger partial charge >= 0.3 is 0 Å². The van der Waals surface area contributed by atoms with Crippen LogP contribution in [0, 0.1) is 5.92 Å². The summed E-state index contributed by atoms with van der Waals surface area (Å²) < 4.78 is 5.43. The van der Waals surface area contributed by atoms with E-state index >= 15 is 0 Å². The zero-order valence-electron chi connectivity index (χ0n) is 12.0. The molecule has 1 rings (SSSR count). The van der Waals surface area contributed by atoms with Crippen molar-refractivity contribution in [2.24, 2.45) is 5.92 Å². The number of nitrogens with zero attached hydrogens (tertiary/aromatic N) is 1. The SMILES string of the molecule is CCC(CNCC(C)C)N(C)C1CCOCC1. The number of nitrogens with one attached hydrogen (secondary N) is 1. The predicted molar refractivity (Wildman–Crippen MR) is 73.4 cm³/mol. The molecule has 17 heavy (non-hydrogen) atoms. The van der Waals surface area contributed by atoms with Gasteiger partial charge in [-0.1, -0.05) is 20.8 Å². The second kappa shape index (κ2) is 8.06. The Kier molecular flexibility index (Phi) is 7.09. The van der Waals surface area contributed by atoms with E-state index in [2.05, 4.69) is 38.0 Å². The van der Waals surface area contributed by atoms with E-state index in [1.807, 2.05) is 0 Å². The zero-order valence-corrected chi connectivity index (χ0v) is 12.0. The van der Waals surface area contributed by atoms with E-state index in [-0.39, 0.29) is 0 Å². The van der Waals surface area contributed by atoms with Crippen molar-refractivity contribution in [2.75, 3.05) is 33.4 Å². The van der Waals surface area contributed by atoms with Gasteiger partial charge in [0.2, 0.25) is 0 Å². The molecule has 1 atom stereocenters. The number of ether oxygens (including phenoxy) is 1. The van der Waals surface area contributed by atoms with Crippen LogP contribution in [0.15, 0.2) is 0 Å². The molecule has 0 radical (unpaired) electrons. The maximum Gasteiger partial charge on any atom is 0.0480 e. The van der Waals surface area contributed by atoms with E-state index in [4.69, 9.17) is 4.74 Å². The minimum atomic E-state index is 0.664. The van der Waals surface area contributed by atoms with Gasteiger partial charge in [0.25, 0.3) is 0 Å². The Labute approximate surface area is 107 Å². The first-order valence-corrected chi connectivity index (χ1v) is 7.15. The molecule has 0 spiro atoms. The van der Waals surface area contributed by atoms with Crippen LogP contribution in [0.5, 0.6) is 0 Å². The maximum atomic E-state index is 5.43. The molecule has 1 aliphatic rings. The van der Waals surface area contributed by atoms with Gasteiger partial charge in [0, 0.05) is 31.8 Å². The maximum absolute atomic E-state index is 5.43. The third kappa shape index (κ3) is 5.36. The summed E-state index contributed by atoms with van der Waals surface area (Å²) in [5.74, 6) is 0.737. The van der Waals surface area contributed by atoms with E-state index in [0.717, 1.165) is 38.3 Å². The highest BCUT2D eigenvalue weighted by Crippen LogP contribution is 2.16. The second-order valence-corrected chi connectivity index (χ2v) is 5.62. The van der Waals surface area contributed by atoms with Crippen LogP contribution >= 0.6 is 0 Å². The van der Waals surface area contributed by atoms with Gasteiger partial charge in [-0.3, -0.25) is 4.90 Å². The highest BCUT2D eigenvalue weighted by molar-refractivity contribution is 4.79. The number of likely N-dealkylation sites (N-methyl/N-ethyl adjacent to an activating group) is 1. The zero-order chi connectivity index (χ0) is 12.7. The molecule has 0 bridgehead atoms. The Bertz CT molecular complexity index is 191. The van der Waals surface area contributed by atoms with E-state index in [9.17, 15) is 0 Å². The summed E-state index contributed by atoms with van der Waals surface area (Å²) in [6.07, 6.45) is 3.60. The van der Waals surface area contributed by atoms with Crippen LogP contribution in [0.25, 0.3) is 0 Å². The van der Waals surface area contributed by atoms with E-state index in [0.29, 0.717) is 6.04 Å². The largest absolute Gasteiger partial charge is 0.381 e. The van der Waals surface area contributed by atoms with Crippen molar-refractivity contribution < 1.29 is 4.74 Å². The lowest BCUT2D eigenvalue weighted by Gasteiger charge is -2.37. The van der Waals surface area contributed by atoms with Crippen LogP contribution in [0.4, 0.5) is 0 Å². The lowest BCUT2D eigenvalue weighted by atomic mass is 10.0. The minimum absolute atomic E-state index is 0.664. The molecule has 1 saturated heterocycles. The first-order chi connectivity index (χ1) is 8.15. The molecule has 1 N–H and O–H groups in total. The third-order valence-electron chi connectivity index (χ3n) is 3.75. The average molecular weight is 242 g/mol. The molecule has 0 aromatic rings. The molecule has 0 aliphatic carbocycles. The van der Waals surface area contributed by atoms with Gasteiger partial charge in [-0.05, 0) is 38.8 Å². The average Bonchev–Trinajstić information content (AvgIpc) is 2.34. The van der Waals surface area contributed by atoms with Gasteiger partial charge in [0.05, 0.1) is 0 Å². The molecular weight excluding hydrogens is 212 g/mol. The van der Waals surface area contributed by atoms with E-state index in [1.54, 1.807) is 0 Å². The van der Waals surface area contributed by atoms with Crippen molar-refractivity contribution in [1.29, 1.82) is 0 Å². The highest BCUT2D eigenvalue weighted by Gasteiger charge is 2.23. The smallest absolute Gasteiger partial charge is 0.0480 e. The summed E-state index contributed by atoms with van der Waals surface area (Å²) >= 11 is 0. The van der Waals surface area contributed by atoms with Gasteiger partial charge in [0.15, 0.2) is 0 Å². The fourth-order valence-corrected chi connectivity index (χ4v) is 2.51. The number of hydrogen-bond donors (Lipinski definition) is 1. The van der Waals surface area contributed by atoms with Crippen LogP contribution in [-0.2, 0) is 4.74 Å². The molecule has 1 heterocycles. The fraction of sp³-hybridized carbons (Fsp3) is 1.00. The van der Waals surface area contributed by atoms with Gasteiger partial charge in [0.1, 0.15) is 0 Å². The summed E-state index contributed by atoms with van der Waals surface area (Å²) in [5, 5.41) is 3.58. The highest BCUT2D eigenvalue weighted by atomic mass is 16.5. The van der Waals surface area contributed by atoms with Gasteiger partial charge in [-0.2, -0.15) is 0 Å². The minimum Gasteiger partial charge on any atom is -0.381 e. The summed E-state index contributed by atoms with van der Waals surface area (Å²) in [5.41, 5.74) is 0. The lowest BCUT2D eigenvalue weighted by molar-refractivity contribution is 0.0277. The molecule has 1 aliphatic heterocycles. The van der Waals surface area contributed by atoms with Crippen LogP contribution in [-0.4, -0.2) is 50.3 Å². The molecule has 0 aromatic carbocycles. The molecule has 0 amide bonds. The van der Waals surface area contributed by atoms with Gasteiger partial charge in [-0.25, -0.2) is 0 Å². The Morgan fingerprint density at radius 2 is 1.88 bits per heavy atom. The quantitative estimate of drug-likeness (QED) is 0.740. The standard InChI is InChI=1S/C14H30N2O/c1-5-13(11-15-10-12(2)3)16(4)14-6-8-17-9-7-14/h12-15H,5-11H2,1-4H3. The normalized spacial score (nSPS) is 20.1. The monoisotopic (exact) mass is 242 g/mol.